The number of halogens is 1. The van der Waals surface area contributed by atoms with E-state index in [-0.39, 0.29) is 0 Å². The molecule has 100 valence electrons. The fourth-order valence-corrected chi connectivity index (χ4v) is 4.10. The number of benzene rings is 1. The highest BCUT2D eigenvalue weighted by Crippen LogP contribution is 2.34. The van der Waals surface area contributed by atoms with Crippen LogP contribution in [-0.2, 0) is 0 Å². The van der Waals surface area contributed by atoms with Crippen molar-refractivity contribution < 1.29 is 5.11 Å². The molecule has 2 nitrogen and oxygen atoms in total. The van der Waals surface area contributed by atoms with Gasteiger partial charge in [0, 0.05) is 33.7 Å². The summed E-state index contributed by atoms with van der Waals surface area (Å²) in [6.07, 6.45) is -0.429. The van der Waals surface area contributed by atoms with Gasteiger partial charge in [-0.25, -0.2) is 0 Å². The third kappa shape index (κ3) is 3.22. The zero-order valence-corrected chi connectivity index (χ0v) is 13.5. The first kappa shape index (κ1) is 14.2. The van der Waals surface area contributed by atoms with Crippen LogP contribution < -0.4 is 4.90 Å². The minimum absolute atomic E-state index is 0.313. The Labute approximate surface area is 122 Å². The molecule has 1 aromatic rings. The van der Waals surface area contributed by atoms with Crippen LogP contribution in [0, 0.1) is 0 Å². The molecule has 2 rings (SSSR count). The smallest absolute Gasteiger partial charge is 0.0772 e. The Bertz CT molecular complexity index is 434. The largest absolute Gasteiger partial charge is 0.389 e. The first-order valence-electron chi connectivity index (χ1n) is 6.25. The fourth-order valence-electron chi connectivity index (χ4n) is 2.29. The maximum absolute atomic E-state index is 9.64. The minimum Gasteiger partial charge on any atom is -0.389 e. The zero-order valence-electron chi connectivity index (χ0n) is 11.1. The van der Waals surface area contributed by atoms with Gasteiger partial charge in [0.1, 0.15) is 0 Å². The van der Waals surface area contributed by atoms with Gasteiger partial charge in [0.2, 0.25) is 0 Å². The predicted octanol–water partition coefficient (Wildman–Crippen LogP) is 3.83. The van der Waals surface area contributed by atoms with Gasteiger partial charge >= 0.3 is 0 Å². The molecule has 18 heavy (non-hydrogen) atoms. The normalized spacial score (nSPS) is 20.8. The predicted molar refractivity (Wildman–Crippen MR) is 83.5 cm³/mol. The van der Waals surface area contributed by atoms with Gasteiger partial charge < -0.3 is 10.0 Å². The molecule has 0 bridgehead atoms. The van der Waals surface area contributed by atoms with E-state index in [2.05, 4.69) is 46.8 Å². The molecule has 1 heterocycles. The zero-order chi connectivity index (χ0) is 13.3. The van der Waals surface area contributed by atoms with Crippen LogP contribution in [-0.4, -0.2) is 28.7 Å². The summed E-state index contributed by atoms with van der Waals surface area (Å²) in [5.41, 5.74) is 2.18. The Morgan fingerprint density at radius 3 is 2.72 bits per heavy atom. The summed E-state index contributed by atoms with van der Waals surface area (Å²) >= 11 is 5.59. The molecule has 1 aromatic carbocycles. The maximum Gasteiger partial charge on any atom is 0.0772 e. The lowest BCUT2D eigenvalue weighted by Crippen LogP contribution is -2.43. The summed E-state index contributed by atoms with van der Waals surface area (Å²) in [6, 6.07) is 6.24. The summed E-state index contributed by atoms with van der Waals surface area (Å²) in [4.78, 5) is 2.42. The lowest BCUT2D eigenvalue weighted by Gasteiger charge is -2.39. The average Bonchev–Trinajstić information content (AvgIpc) is 2.27. The summed E-state index contributed by atoms with van der Waals surface area (Å²) < 4.78 is 1.30. The molecular weight excluding hydrogens is 310 g/mol. The molecule has 1 aliphatic rings. The molecule has 0 spiro atoms. The lowest BCUT2D eigenvalue weighted by molar-refractivity contribution is 0.198. The summed E-state index contributed by atoms with van der Waals surface area (Å²) in [7, 11) is 0. The molecule has 0 aliphatic carbocycles. The van der Waals surface area contributed by atoms with E-state index in [0.717, 1.165) is 23.1 Å². The van der Waals surface area contributed by atoms with Crippen molar-refractivity contribution in [1.29, 1.82) is 0 Å². The van der Waals surface area contributed by atoms with Crippen LogP contribution in [0.3, 0.4) is 0 Å². The Balaban J connectivity index is 2.21. The van der Waals surface area contributed by atoms with E-state index in [1.165, 1.54) is 11.4 Å². The number of anilines is 1. The van der Waals surface area contributed by atoms with Crippen molar-refractivity contribution >= 4 is 33.4 Å². The highest BCUT2D eigenvalue weighted by atomic mass is 79.9. The quantitative estimate of drug-likeness (QED) is 0.891. The Hall–Kier alpha value is -0.190. The van der Waals surface area contributed by atoms with Crippen molar-refractivity contribution in [3.63, 3.8) is 0 Å². The van der Waals surface area contributed by atoms with Gasteiger partial charge in [-0.2, -0.15) is 11.8 Å². The van der Waals surface area contributed by atoms with Gasteiger partial charge in [-0.3, -0.25) is 0 Å². The molecule has 4 heteroatoms. The summed E-state index contributed by atoms with van der Waals surface area (Å²) in [6.45, 7) is 8.54. The van der Waals surface area contributed by atoms with E-state index in [0.29, 0.717) is 4.75 Å². The number of nitrogens with zero attached hydrogens (tertiary/aromatic N) is 1. The van der Waals surface area contributed by atoms with Crippen molar-refractivity contribution in [2.45, 2.75) is 31.6 Å². The van der Waals surface area contributed by atoms with Crippen molar-refractivity contribution in [2.24, 2.45) is 0 Å². The fraction of sp³-hybridized carbons (Fsp3) is 0.571. The Kier molecular flexibility index (Phi) is 4.29. The minimum atomic E-state index is -0.429. The van der Waals surface area contributed by atoms with E-state index < -0.39 is 6.10 Å². The van der Waals surface area contributed by atoms with Crippen molar-refractivity contribution in [2.75, 3.05) is 23.7 Å². The van der Waals surface area contributed by atoms with Crippen LogP contribution in [0.25, 0.3) is 0 Å². The lowest BCUT2D eigenvalue weighted by atomic mass is 10.1. The molecule has 1 fully saturated rings. The van der Waals surface area contributed by atoms with Crippen LogP contribution in [0.2, 0.25) is 0 Å². The van der Waals surface area contributed by atoms with Gasteiger partial charge in [0.05, 0.1) is 6.10 Å². The van der Waals surface area contributed by atoms with E-state index >= 15 is 0 Å². The first-order chi connectivity index (χ1) is 8.39. The SMILES string of the molecule is C[C@H](O)c1ccc(N2CCSC(C)(C)C2)cc1Br. The number of rotatable bonds is 2. The van der Waals surface area contributed by atoms with Crippen molar-refractivity contribution in [3.8, 4) is 0 Å². The van der Waals surface area contributed by atoms with Gasteiger partial charge in [-0.15, -0.1) is 0 Å². The summed E-state index contributed by atoms with van der Waals surface area (Å²) in [5, 5.41) is 9.64. The molecule has 1 saturated heterocycles. The van der Waals surface area contributed by atoms with Crippen LogP contribution in [0.15, 0.2) is 22.7 Å². The second-order valence-corrected chi connectivity index (χ2v) is 8.07. The highest BCUT2D eigenvalue weighted by molar-refractivity contribution is 9.10. The van der Waals surface area contributed by atoms with Gasteiger partial charge in [-0.05, 0) is 38.5 Å². The third-order valence-corrected chi connectivity index (χ3v) is 5.21. The van der Waals surface area contributed by atoms with E-state index in [4.69, 9.17) is 0 Å². The number of aliphatic hydroxyl groups excluding tert-OH is 1. The number of hydrogen-bond acceptors (Lipinski definition) is 3. The second-order valence-electron chi connectivity index (χ2n) is 5.41. The van der Waals surface area contributed by atoms with Crippen molar-refractivity contribution in [1.82, 2.24) is 0 Å². The van der Waals surface area contributed by atoms with E-state index in [1.54, 1.807) is 6.92 Å². The first-order valence-corrected chi connectivity index (χ1v) is 8.03. The Morgan fingerprint density at radius 1 is 1.44 bits per heavy atom. The van der Waals surface area contributed by atoms with E-state index in [9.17, 15) is 5.11 Å². The average molecular weight is 330 g/mol. The molecule has 0 radical (unpaired) electrons. The monoisotopic (exact) mass is 329 g/mol. The molecule has 1 atom stereocenters. The third-order valence-electron chi connectivity index (χ3n) is 3.22. The van der Waals surface area contributed by atoms with E-state index in [1.807, 2.05) is 17.8 Å². The molecule has 1 aliphatic heterocycles. The number of hydrogen-bond donors (Lipinski definition) is 1. The van der Waals surface area contributed by atoms with Gasteiger partial charge in [-0.1, -0.05) is 22.0 Å². The topological polar surface area (TPSA) is 23.5 Å². The highest BCUT2D eigenvalue weighted by Gasteiger charge is 2.27. The molecule has 0 aromatic heterocycles. The number of aliphatic hydroxyl groups is 1. The van der Waals surface area contributed by atoms with Gasteiger partial charge in [0.25, 0.3) is 0 Å². The molecule has 0 saturated carbocycles. The maximum atomic E-state index is 9.64. The van der Waals surface area contributed by atoms with Crippen LogP contribution in [0.4, 0.5) is 5.69 Å². The summed E-state index contributed by atoms with van der Waals surface area (Å²) in [5.74, 6) is 1.17. The van der Waals surface area contributed by atoms with Crippen molar-refractivity contribution in [3.05, 3.63) is 28.2 Å². The molecular formula is C14H20BrNOS. The number of thioether (sulfide) groups is 1. The molecule has 0 unspecified atom stereocenters. The molecule has 1 N–H and O–H groups in total. The Morgan fingerprint density at radius 2 is 2.17 bits per heavy atom. The second kappa shape index (κ2) is 5.43. The molecule has 0 amide bonds. The standard InChI is InChI=1S/C14H20BrNOS/c1-10(17)12-5-4-11(8-13(12)15)16-6-7-18-14(2,3)9-16/h4-5,8,10,17H,6-7,9H2,1-3H3/t10-/m0/s1. The van der Waals surface area contributed by atoms with Crippen LogP contribution in [0.5, 0.6) is 0 Å². The van der Waals surface area contributed by atoms with Gasteiger partial charge in [0.15, 0.2) is 0 Å². The van der Waals surface area contributed by atoms with Crippen LogP contribution in [0.1, 0.15) is 32.4 Å². The van der Waals surface area contributed by atoms with Crippen LogP contribution >= 0.6 is 27.7 Å².